The maximum Gasteiger partial charge on any atom is 0.199 e. The molecule has 0 N–H and O–H groups in total. The number of carbonyl (C=O) groups is 2. The average molecular weight is 490 g/mol. The van der Waals surface area contributed by atoms with Crippen molar-refractivity contribution < 1.29 is 9.59 Å². The first-order valence-corrected chi connectivity index (χ1v) is 12.6. The Balaban J connectivity index is 1.62. The Kier molecular flexibility index (Phi) is 6.21. The van der Waals surface area contributed by atoms with Crippen LogP contribution in [0.4, 0.5) is 5.69 Å². The molecule has 0 aliphatic heterocycles. The zero-order valence-corrected chi connectivity index (χ0v) is 20.7. The van der Waals surface area contributed by atoms with Crippen molar-refractivity contribution in [1.82, 2.24) is 0 Å². The summed E-state index contributed by atoms with van der Waals surface area (Å²) >= 11 is 3.06. The number of allylic oxidation sites excluding steroid dienone is 1. The first-order valence-electron chi connectivity index (χ1n) is 10.9. The van der Waals surface area contributed by atoms with Crippen LogP contribution in [0.1, 0.15) is 47.2 Å². The van der Waals surface area contributed by atoms with Crippen molar-refractivity contribution in [3.05, 3.63) is 115 Å². The monoisotopic (exact) mass is 489 g/mol. The molecule has 0 spiro atoms. The van der Waals surface area contributed by atoms with Crippen LogP contribution >= 0.6 is 22.7 Å². The molecule has 0 unspecified atom stereocenters. The number of Topliss-reactive ketones (excluding diaryl/α,β-unsaturated/α-hetero) is 2. The second kappa shape index (κ2) is 9.60. The molecule has 0 atom stereocenters. The molecule has 35 heavy (non-hydrogen) atoms. The van der Waals surface area contributed by atoms with Gasteiger partial charge >= 0.3 is 0 Å². The Morgan fingerprint density at radius 1 is 0.686 bits per heavy atom. The van der Waals surface area contributed by atoms with Crippen LogP contribution in [0.25, 0.3) is 6.08 Å². The Bertz CT molecular complexity index is 1490. The highest BCUT2D eigenvalue weighted by atomic mass is 32.1. The molecular formula is C30H19NO2S2. The van der Waals surface area contributed by atoms with Crippen LogP contribution in [-0.4, -0.2) is 25.7 Å². The molecule has 2 aromatic heterocycles. The lowest BCUT2D eigenvalue weighted by molar-refractivity contribution is 0.0990. The maximum atomic E-state index is 13.5. The lowest BCUT2D eigenvalue weighted by atomic mass is 9.97. The number of hydrogen-bond donors (Lipinski definition) is 0. The van der Waals surface area contributed by atoms with Crippen molar-refractivity contribution in [3.8, 4) is 23.7 Å². The predicted molar refractivity (Wildman–Crippen MR) is 144 cm³/mol. The summed E-state index contributed by atoms with van der Waals surface area (Å²) in [6.07, 6.45) is 1.66. The Labute approximate surface area is 212 Å². The van der Waals surface area contributed by atoms with E-state index >= 15 is 0 Å². The van der Waals surface area contributed by atoms with E-state index in [1.165, 1.54) is 22.7 Å². The van der Waals surface area contributed by atoms with Crippen molar-refractivity contribution in [3.63, 3.8) is 0 Å². The van der Waals surface area contributed by atoms with Gasteiger partial charge in [-0.15, -0.1) is 22.7 Å². The normalized spacial score (nSPS) is 11.9. The molecule has 0 saturated carbocycles. The van der Waals surface area contributed by atoms with Crippen molar-refractivity contribution in [2.75, 3.05) is 19.0 Å². The number of fused-ring (bicyclic) bond motifs is 1. The van der Waals surface area contributed by atoms with Gasteiger partial charge in [-0.25, -0.2) is 0 Å². The number of rotatable bonds is 2. The SMILES string of the molecule is CN(C)c1ccc(C=C2C(=O)c3c(C#Cc4cccs4)ccc(C#Cc4cccs4)c3C2=O)cc1. The highest BCUT2D eigenvalue weighted by Crippen LogP contribution is 2.33. The number of anilines is 1. The van der Waals surface area contributed by atoms with E-state index in [2.05, 4.69) is 23.7 Å². The van der Waals surface area contributed by atoms with Gasteiger partial charge in [-0.3, -0.25) is 9.59 Å². The molecule has 0 fully saturated rings. The molecule has 3 nitrogen and oxygen atoms in total. The molecule has 5 rings (SSSR count). The Morgan fingerprint density at radius 3 is 1.63 bits per heavy atom. The third-order valence-corrected chi connectivity index (χ3v) is 7.12. The summed E-state index contributed by atoms with van der Waals surface area (Å²) in [5, 5.41) is 3.91. The molecule has 5 heteroatoms. The van der Waals surface area contributed by atoms with Gasteiger partial charge in [0.2, 0.25) is 0 Å². The highest BCUT2D eigenvalue weighted by molar-refractivity contribution is 7.10. The molecule has 168 valence electrons. The van der Waals surface area contributed by atoms with Gasteiger partial charge in [0.25, 0.3) is 0 Å². The molecule has 2 aromatic carbocycles. The van der Waals surface area contributed by atoms with Crippen LogP contribution in [0.2, 0.25) is 0 Å². The first kappa shape index (κ1) is 22.6. The molecular weight excluding hydrogens is 470 g/mol. The van der Waals surface area contributed by atoms with Crippen molar-refractivity contribution in [2.24, 2.45) is 0 Å². The van der Waals surface area contributed by atoms with Gasteiger partial charge in [0.1, 0.15) is 0 Å². The van der Waals surface area contributed by atoms with Gasteiger partial charge in [0.05, 0.1) is 26.5 Å². The van der Waals surface area contributed by atoms with E-state index in [1.54, 1.807) is 18.2 Å². The minimum absolute atomic E-state index is 0.141. The summed E-state index contributed by atoms with van der Waals surface area (Å²) in [5.41, 5.74) is 3.73. The summed E-state index contributed by atoms with van der Waals surface area (Å²) < 4.78 is 0. The quantitative estimate of drug-likeness (QED) is 0.193. The van der Waals surface area contributed by atoms with Gasteiger partial charge in [0.15, 0.2) is 11.6 Å². The van der Waals surface area contributed by atoms with Gasteiger partial charge < -0.3 is 4.90 Å². The summed E-state index contributed by atoms with van der Waals surface area (Å²) in [5.74, 6) is 11.8. The molecule has 1 aliphatic rings. The van der Waals surface area contributed by atoms with Crippen LogP contribution in [0, 0.1) is 23.7 Å². The number of thiophene rings is 2. The smallest absolute Gasteiger partial charge is 0.199 e. The van der Waals surface area contributed by atoms with Crippen molar-refractivity contribution in [1.29, 1.82) is 0 Å². The van der Waals surface area contributed by atoms with E-state index < -0.39 is 0 Å². The number of carbonyl (C=O) groups excluding carboxylic acids is 2. The van der Waals surface area contributed by atoms with Crippen LogP contribution < -0.4 is 4.90 Å². The number of hydrogen-bond acceptors (Lipinski definition) is 5. The van der Waals surface area contributed by atoms with Crippen LogP contribution in [0.15, 0.2) is 77.0 Å². The summed E-state index contributed by atoms with van der Waals surface area (Å²) in [4.78, 5) is 30.9. The fourth-order valence-electron chi connectivity index (χ4n) is 3.78. The zero-order valence-electron chi connectivity index (χ0n) is 19.1. The molecule has 0 amide bonds. The Morgan fingerprint density at radius 2 is 1.20 bits per heavy atom. The minimum atomic E-state index is -0.308. The molecule has 4 aromatic rings. The molecule has 0 bridgehead atoms. The number of nitrogens with zero attached hydrogens (tertiary/aromatic N) is 1. The third kappa shape index (κ3) is 4.61. The lowest BCUT2D eigenvalue weighted by Gasteiger charge is -2.11. The Hall–Kier alpha value is -4.16. The van der Waals surface area contributed by atoms with Gasteiger partial charge in [-0.05, 0) is 58.8 Å². The number of benzene rings is 2. The molecule has 0 saturated heterocycles. The lowest BCUT2D eigenvalue weighted by Crippen LogP contribution is -2.08. The van der Waals surface area contributed by atoms with E-state index in [4.69, 9.17) is 0 Å². The fourth-order valence-corrected chi connectivity index (χ4v) is 4.92. The maximum absolute atomic E-state index is 13.5. The highest BCUT2D eigenvalue weighted by Gasteiger charge is 2.37. The second-order valence-corrected chi connectivity index (χ2v) is 9.96. The van der Waals surface area contributed by atoms with Crippen LogP contribution in [0.3, 0.4) is 0 Å². The minimum Gasteiger partial charge on any atom is -0.378 e. The molecule has 2 heterocycles. The van der Waals surface area contributed by atoms with Gasteiger partial charge in [-0.1, -0.05) is 47.9 Å². The van der Waals surface area contributed by atoms with E-state index in [-0.39, 0.29) is 17.1 Å². The van der Waals surface area contributed by atoms with E-state index in [0.717, 1.165) is 21.0 Å². The zero-order chi connectivity index (χ0) is 24.4. The second-order valence-electron chi connectivity index (χ2n) is 8.07. The topological polar surface area (TPSA) is 37.4 Å². The van der Waals surface area contributed by atoms with Crippen LogP contribution in [0.5, 0.6) is 0 Å². The van der Waals surface area contributed by atoms with E-state index in [9.17, 15) is 9.59 Å². The fraction of sp³-hybridized carbons (Fsp3) is 0.0667. The number of ketones is 2. The summed E-state index contributed by atoms with van der Waals surface area (Å²) in [7, 11) is 3.93. The molecule has 1 aliphatic carbocycles. The van der Waals surface area contributed by atoms with Crippen molar-refractivity contribution in [2.45, 2.75) is 0 Å². The predicted octanol–water partition coefficient (Wildman–Crippen LogP) is 6.14. The molecule has 0 radical (unpaired) electrons. The van der Waals surface area contributed by atoms with Crippen LogP contribution in [-0.2, 0) is 0 Å². The largest absolute Gasteiger partial charge is 0.378 e. The summed E-state index contributed by atoms with van der Waals surface area (Å²) in [6.45, 7) is 0. The standard InChI is InChI=1S/C30H19NO2S2/c1-31(2)23-13-7-20(8-14-23)19-26-29(32)27-21(11-15-24-5-3-17-34-24)9-10-22(28(27)30(26)33)12-16-25-6-4-18-35-25/h3-10,13-14,17-19H,1-2H3. The van der Waals surface area contributed by atoms with Gasteiger partial charge in [0, 0.05) is 30.9 Å². The van der Waals surface area contributed by atoms with Gasteiger partial charge in [-0.2, -0.15) is 0 Å². The van der Waals surface area contributed by atoms with E-state index in [1.807, 2.05) is 78.3 Å². The summed E-state index contributed by atoms with van der Waals surface area (Å²) in [6, 6.07) is 19.0. The van der Waals surface area contributed by atoms with E-state index in [0.29, 0.717) is 22.3 Å². The first-order chi connectivity index (χ1) is 17.0. The third-order valence-electron chi connectivity index (χ3n) is 5.55. The average Bonchev–Trinajstić information content (AvgIpc) is 3.62. The van der Waals surface area contributed by atoms with Crippen molar-refractivity contribution >= 4 is 46.0 Å².